The smallest absolute Gasteiger partial charge is 0.316 e. The number of carbonyl (C=O) groups is 2. The summed E-state index contributed by atoms with van der Waals surface area (Å²) in [6, 6.07) is 0. The first-order valence-electron chi connectivity index (χ1n) is 16.5. The van der Waals surface area contributed by atoms with Crippen molar-refractivity contribution in [1.82, 2.24) is 0 Å². The fraction of sp³-hybridized carbons (Fsp3) is 0.714. The minimum atomic E-state index is -1.80. The Morgan fingerprint density at radius 3 is 2.60 bits per heavy atom. The van der Waals surface area contributed by atoms with Gasteiger partial charge in [0.15, 0.2) is 0 Å². The van der Waals surface area contributed by atoms with Gasteiger partial charge in [0.25, 0.3) is 0 Å². The van der Waals surface area contributed by atoms with Gasteiger partial charge >= 0.3 is 11.9 Å². The first-order chi connectivity index (χ1) is 21.3. The van der Waals surface area contributed by atoms with Gasteiger partial charge in [-0.1, -0.05) is 56.7 Å². The summed E-state index contributed by atoms with van der Waals surface area (Å²) in [4.78, 5) is 26.5. The Hall–Kier alpha value is -2.34. The van der Waals surface area contributed by atoms with Crippen molar-refractivity contribution in [2.24, 2.45) is 17.8 Å². The van der Waals surface area contributed by atoms with Crippen molar-refractivity contribution < 1.29 is 48.6 Å². The summed E-state index contributed by atoms with van der Waals surface area (Å²) in [7, 11) is 0. The maximum atomic E-state index is 14.1. The molecular weight excluding hydrogens is 580 g/mol. The maximum absolute atomic E-state index is 14.1. The SMILES string of the molecule is CCC(=O)OC1C(CC)C(C)OC2(CC3CC(CC=C(C)CC(C)C=CC=C4COC5C(O)C(C)=CC(C(=O)O3)C45O)O2)C1O. The quantitative estimate of drug-likeness (QED) is 0.311. The lowest BCUT2D eigenvalue weighted by atomic mass is 9.71. The average molecular weight is 631 g/mol. The van der Waals surface area contributed by atoms with Crippen LogP contribution >= 0.6 is 0 Å². The molecule has 0 aromatic carbocycles. The van der Waals surface area contributed by atoms with E-state index in [1.807, 2.05) is 26.0 Å². The molecule has 0 aromatic heterocycles. The molecule has 250 valence electrons. The summed E-state index contributed by atoms with van der Waals surface area (Å²) >= 11 is 0. The number of fused-ring (bicyclic) bond motifs is 2. The van der Waals surface area contributed by atoms with Gasteiger partial charge in [-0.05, 0) is 57.1 Å². The van der Waals surface area contributed by atoms with Crippen LogP contribution in [0.5, 0.6) is 0 Å². The van der Waals surface area contributed by atoms with E-state index >= 15 is 0 Å². The van der Waals surface area contributed by atoms with E-state index in [0.29, 0.717) is 30.4 Å². The second kappa shape index (κ2) is 13.4. The van der Waals surface area contributed by atoms with Crippen LogP contribution in [-0.2, 0) is 33.3 Å². The van der Waals surface area contributed by atoms with Gasteiger partial charge in [0.05, 0.1) is 18.8 Å². The van der Waals surface area contributed by atoms with E-state index in [1.165, 1.54) is 0 Å². The molecule has 10 nitrogen and oxygen atoms in total. The highest BCUT2D eigenvalue weighted by Crippen LogP contribution is 2.48. The van der Waals surface area contributed by atoms with E-state index in [2.05, 4.69) is 19.9 Å². The Labute approximate surface area is 266 Å². The topological polar surface area (TPSA) is 141 Å². The zero-order valence-corrected chi connectivity index (χ0v) is 27.3. The van der Waals surface area contributed by atoms with Gasteiger partial charge in [-0.3, -0.25) is 9.59 Å². The third-order valence-electron chi connectivity index (χ3n) is 10.3. The Kier molecular flexibility index (Phi) is 10.1. The number of aliphatic hydroxyl groups excluding tert-OH is 2. The van der Waals surface area contributed by atoms with Crippen LogP contribution in [0.2, 0.25) is 0 Å². The normalized spacial score (nSPS) is 43.9. The second-order valence-electron chi connectivity index (χ2n) is 13.6. The number of hydrogen-bond donors (Lipinski definition) is 3. The van der Waals surface area contributed by atoms with Gasteiger partial charge in [0.1, 0.15) is 42.0 Å². The van der Waals surface area contributed by atoms with Crippen LogP contribution in [0, 0.1) is 17.8 Å². The van der Waals surface area contributed by atoms with E-state index in [9.17, 15) is 24.9 Å². The molecule has 5 aliphatic rings. The van der Waals surface area contributed by atoms with Crippen molar-refractivity contribution in [3.05, 3.63) is 47.1 Å². The molecule has 3 fully saturated rings. The number of allylic oxidation sites excluding steroid dienone is 4. The molecule has 1 spiro atoms. The highest BCUT2D eigenvalue weighted by molar-refractivity contribution is 5.78. The van der Waals surface area contributed by atoms with E-state index in [0.717, 1.165) is 12.0 Å². The molecule has 1 aliphatic carbocycles. The number of hydrogen-bond acceptors (Lipinski definition) is 10. The molecule has 0 saturated carbocycles. The monoisotopic (exact) mass is 630 g/mol. The van der Waals surface area contributed by atoms with Gasteiger partial charge in [-0.25, -0.2) is 0 Å². The molecule has 45 heavy (non-hydrogen) atoms. The number of esters is 2. The lowest BCUT2D eigenvalue weighted by molar-refractivity contribution is -0.384. The van der Waals surface area contributed by atoms with Crippen molar-refractivity contribution >= 4 is 11.9 Å². The lowest BCUT2D eigenvalue weighted by Crippen LogP contribution is -2.67. The van der Waals surface area contributed by atoms with Crippen LogP contribution in [0.4, 0.5) is 0 Å². The Balaban J connectivity index is 1.54. The molecule has 10 heteroatoms. The second-order valence-corrected chi connectivity index (χ2v) is 13.6. The summed E-state index contributed by atoms with van der Waals surface area (Å²) in [5.41, 5.74) is 0.357. The van der Waals surface area contributed by atoms with E-state index in [-0.39, 0.29) is 31.3 Å². The Morgan fingerprint density at radius 2 is 1.89 bits per heavy atom. The molecule has 0 aromatic rings. The fourth-order valence-electron chi connectivity index (χ4n) is 7.81. The van der Waals surface area contributed by atoms with Crippen molar-refractivity contribution in [2.75, 3.05) is 6.61 Å². The highest BCUT2D eigenvalue weighted by Gasteiger charge is 2.61. The van der Waals surface area contributed by atoms with Gasteiger partial charge in [-0.2, -0.15) is 0 Å². The molecule has 3 saturated heterocycles. The summed E-state index contributed by atoms with van der Waals surface area (Å²) in [6.45, 7) is 11.5. The predicted octanol–water partition coefficient (Wildman–Crippen LogP) is 3.83. The number of carbonyl (C=O) groups excluding carboxylic acids is 2. The van der Waals surface area contributed by atoms with Crippen LogP contribution < -0.4 is 0 Å². The van der Waals surface area contributed by atoms with Crippen molar-refractivity contribution in [2.45, 2.75) is 134 Å². The lowest BCUT2D eigenvalue weighted by Gasteiger charge is -2.54. The molecule has 4 aliphatic heterocycles. The molecule has 2 bridgehead atoms. The molecule has 12 atom stereocenters. The molecule has 5 rings (SSSR count). The third-order valence-corrected chi connectivity index (χ3v) is 10.3. The van der Waals surface area contributed by atoms with Crippen LogP contribution in [0.15, 0.2) is 47.1 Å². The number of ether oxygens (including phenoxy) is 5. The van der Waals surface area contributed by atoms with E-state index < -0.39 is 72.0 Å². The Bertz CT molecular complexity index is 1250. The summed E-state index contributed by atoms with van der Waals surface area (Å²) in [5, 5.41) is 34.9. The minimum absolute atomic E-state index is 0.0128. The van der Waals surface area contributed by atoms with Crippen LogP contribution in [-0.4, -0.2) is 88.0 Å². The zero-order chi connectivity index (χ0) is 32.7. The minimum Gasteiger partial charge on any atom is -0.462 e. The number of aliphatic hydroxyl groups is 3. The molecular formula is C35H50O10. The average Bonchev–Trinajstić information content (AvgIpc) is 3.32. The van der Waals surface area contributed by atoms with Crippen molar-refractivity contribution in [3.63, 3.8) is 0 Å². The fourth-order valence-corrected chi connectivity index (χ4v) is 7.81. The molecule has 3 N–H and O–H groups in total. The summed E-state index contributed by atoms with van der Waals surface area (Å²) in [5.74, 6) is -3.87. The van der Waals surface area contributed by atoms with Gasteiger partial charge < -0.3 is 39.0 Å². The summed E-state index contributed by atoms with van der Waals surface area (Å²) in [6.07, 6.45) is 5.88. The maximum Gasteiger partial charge on any atom is 0.316 e. The number of rotatable bonds is 3. The largest absolute Gasteiger partial charge is 0.462 e. The van der Waals surface area contributed by atoms with Gasteiger partial charge in [0.2, 0.25) is 5.79 Å². The molecule has 12 unspecified atom stereocenters. The van der Waals surface area contributed by atoms with Crippen LogP contribution in [0.3, 0.4) is 0 Å². The van der Waals surface area contributed by atoms with Crippen molar-refractivity contribution in [1.29, 1.82) is 0 Å². The van der Waals surface area contributed by atoms with Crippen molar-refractivity contribution in [3.8, 4) is 0 Å². The molecule has 0 radical (unpaired) electrons. The highest BCUT2D eigenvalue weighted by atomic mass is 16.7. The van der Waals surface area contributed by atoms with E-state index in [1.54, 1.807) is 26.0 Å². The van der Waals surface area contributed by atoms with Crippen LogP contribution in [0.1, 0.15) is 80.1 Å². The first-order valence-corrected chi connectivity index (χ1v) is 16.5. The third kappa shape index (κ3) is 6.47. The van der Waals surface area contributed by atoms with Gasteiger partial charge in [0, 0.05) is 25.2 Å². The first kappa shape index (κ1) is 34.0. The standard InChI is InChI=1S/C35H50O10/c1-7-26-22(6)44-34(31(38)30(26)43-28(36)8-2)17-25-16-24(45-34)13-12-20(4)14-19(3)10-9-11-23-18-41-32-29(37)21(5)15-27(33(39)42-25)35(23,32)40/h9-12,15,19,22,24-27,29-32,37-38,40H,7-8,13-14,16-18H2,1-6H3. The molecule has 4 heterocycles. The van der Waals surface area contributed by atoms with Crippen LogP contribution in [0.25, 0.3) is 0 Å². The van der Waals surface area contributed by atoms with Gasteiger partial charge in [-0.15, -0.1) is 0 Å². The summed E-state index contributed by atoms with van der Waals surface area (Å²) < 4.78 is 30.9. The molecule has 0 amide bonds. The zero-order valence-electron chi connectivity index (χ0n) is 27.3. The van der Waals surface area contributed by atoms with E-state index in [4.69, 9.17) is 23.7 Å². The Morgan fingerprint density at radius 1 is 1.13 bits per heavy atom. The predicted molar refractivity (Wildman–Crippen MR) is 165 cm³/mol.